The van der Waals surface area contributed by atoms with E-state index in [0.29, 0.717) is 5.89 Å². The van der Waals surface area contributed by atoms with Crippen LogP contribution in [0.1, 0.15) is 0 Å². The number of hydrogen-bond acceptors (Lipinski definition) is 6. The molecule has 0 atom stereocenters. The second kappa shape index (κ2) is 9.86. The number of para-hydroxylation sites is 5. The monoisotopic (exact) mass is 632 g/mol. The second-order valence-electron chi connectivity index (χ2n) is 12.3. The van der Waals surface area contributed by atoms with Crippen molar-refractivity contribution in [3.05, 3.63) is 146 Å². The number of oxazole rings is 1. The molecule has 11 aromatic rings. The summed E-state index contributed by atoms with van der Waals surface area (Å²) in [6, 6.07) is 49.1. The fourth-order valence-corrected chi connectivity index (χ4v) is 7.31. The number of fused-ring (bicyclic) bond motifs is 10. The van der Waals surface area contributed by atoms with Crippen molar-refractivity contribution in [2.75, 3.05) is 4.90 Å². The first-order valence-electron chi connectivity index (χ1n) is 16.2. The average Bonchev–Trinajstić information content (AvgIpc) is 3.92. The maximum Gasteiger partial charge on any atom is 0.228 e. The van der Waals surface area contributed by atoms with Crippen LogP contribution in [0.3, 0.4) is 0 Å². The van der Waals surface area contributed by atoms with Gasteiger partial charge >= 0.3 is 0 Å². The van der Waals surface area contributed by atoms with Crippen LogP contribution in [0.25, 0.3) is 88.4 Å². The molecule has 230 valence electrons. The second-order valence-corrected chi connectivity index (χ2v) is 12.3. The number of rotatable bonds is 4. The van der Waals surface area contributed by atoms with Crippen molar-refractivity contribution in [2.24, 2.45) is 0 Å². The molecule has 4 heterocycles. The third-order valence-electron chi connectivity index (χ3n) is 9.51. The molecule has 11 rings (SSSR count). The van der Waals surface area contributed by atoms with E-state index in [-0.39, 0.29) is 0 Å². The minimum atomic E-state index is 0.560. The van der Waals surface area contributed by atoms with Crippen molar-refractivity contribution in [1.82, 2.24) is 4.98 Å². The van der Waals surface area contributed by atoms with Gasteiger partial charge in [-0.15, -0.1) is 0 Å². The molecule has 4 aromatic heterocycles. The van der Waals surface area contributed by atoms with Crippen LogP contribution in [0.5, 0.6) is 0 Å². The van der Waals surface area contributed by atoms with Crippen LogP contribution >= 0.6 is 0 Å². The van der Waals surface area contributed by atoms with Gasteiger partial charge in [-0.05, 0) is 72.8 Å². The number of hydrogen-bond donors (Lipinski definition) is 0. The van der Waals surface area contributed by atoms with E-state index >= 15 is 0 Å². The first kappa shape index (κ1) is 26.3. The SMILES string of the molecule is c1ccc2oc(-c3cccc4oc5c(N(c6ccc7c(c6)oc6ccccc67)c6ccc7oc8ccccc8c7c6)cccc5c34)nc2c1. The molecule has 0 aliphatic rings. The topological polar surface area (TPSA) is 68.7 Å². The van der Waals surface area contributed by atoms with Gasteiger partial charge in [-0.1, -0.05) is 66.7 Å². The number of aromatic nitrogens is 1. The standard InChI is InChI=1S/C43H24N2O4/c1-4-15-35-27(9-1)29-21-19-26(24-40(29)47-35)45(25-20-22-37-32(23-25)28-10-2-5-16-36(28)46-37)34-14-7-11-30-41-31(12-8-18-39(41)48-42(30)34)43-44-33-13-3-6-17-38(33)49-43/h1-24H. The Morgan fingerprint density at radius 1 is 0.408 bits per heavy atom. The van der Waals surface area contributed by atoms with Gasteiger partial charge in [0, 0.05) is 49.6 Å². The summed E-state index contributed by atoms with van der Waals surface area (Å²) in [4.78, 5) is 7.06. The summed E-state index contributed by atoms with van der Waals surface area (Å²) in [7, 11) is 0. The molecule has 0 aliphatic heterocycles. The van der Waals surface area contributed by atoms with Gasteiger partial charge < -0.3 is 22.6 Å². The third-order valence-corrected chi connectivity index (χ3v) is 9.51. The fourth-order valence-electron chi connectivity index (χ4n) is 7.31. The predicted octanol–water partition coefficient (Wildman–Crippen LogP) is 12.7. The highest BCUT2D eigenvalue weighted by Crippen LogP contribution is 2.46. The van der Waals surface area contributed by atoms with Gasteiger partial charge in [0.1, 0.15) is 33.4 Å². The lowest BCUT2D eigenvalue weighted by molar-refractivity contribution is 0.620. The first-order valence-corrected chi connectivity index (χ1v) is 16.2. The largest absolute Gasteiger partial charge is 0.456 e. The van der Waals surface area contributed by atoms with E-state index in [2.05, 4.69) is 65.6 Å². The molecule has 0 unspecified atom stereocenters. The molecule has 6 nitrogen and oxygen atoms in total. The van der Waals surface area contributed by atoms with Crippen LogP contribution in [0.2, 0.25) is 0 Å². The summed E-state index contributed by atoms with van der Waals surface area (Å²) in [6.07, 6.45) is 0. The zero-order chi connectivity index (χ0) is 32.1. The molecule has 6 heteroatoms. The van der Waals surface area contributed by atoms with E-state index in [1.165, 1.54) is 0 Å². The van der Waals surface area contributed by atoms with Crippen molar-refractivity contribution < 1.29 is 17.7 Å². The van der Waals surface area contributed by atoms with Crippen LogP contribution in [0, 0.1) is 0 Å². The third kappa shape index (κ3) is 3.85. The molecule has 0 amide bonds. The smallest absolute Gasteiger partial charge is 0.228 e. The Kier molecular flexibility index (Phi) is 5.29. The molecule has 0 N–H and O–H groups in total. The fraction of sp³-hybridized carbons (Fsp3) is 0. The zero-order valence-electron chi connectivity index (χ0n) is 25.9. The van der Waals surface area contributed by atoms with Gasteiger partial charge in [0.15, 0.2) is 11.2 Å². The van der Waals surface area contributed by atoms with Crippen molar-refractivity contribution in [2.45, 2.75) is 0 Å². The minimum absolute atomic E-state index is 0.560. The maximum absolute atomic E-state index is 6.77. The van der Waals surface area contributed by atoms with E-state index in [9.17, 15) is 0 Å². The molecular formula is C43H24N2O4. The van der Waals surface area contributed by atoms with Gasteiger partial charge in [0.25, 0.3) is 0 Å². The Bertz CT molecular complexity index is 3050. The summed E-state index contributed by atoms with van der Waals surface area (Å²) in [5, 5.41) is 6.19. The van der Waals surface area contributed by atoms with Crippen molar-refractivity contribution in [1.29, 1.82) is 0 Å². The molecule has 49 heavy (non-hydrogen) atoms. The molecule has 0 fully saturated rings. The van der Waals surface area contributed by atoms with Crippen LogP contribution in [-0.4, -0.2) is 4.98 Å². The highest BCUT2D eigenvalue weighted by Gasteiger charge is 2.23. The lowest BCUT2D eigenvalue weighted by Gasteiger charge is -2.25. The normalized spacial score (nSPS) is 12.1. The maximum atomic E-state index is 6.77. The van der Waals surface area contributed by atoms with Gasteiger partial charge in [0.05, 0.1) is 11.4 Å². The molecule has 0 spiro atoms. The quantitative estimate of drug-likeness (QED) is 0.192. The average molecular weight is 633 g/mol. The highest BCUT2D eigenvalue weighted by atomic mass is 16.4. The van der Waals surface area contributed by atoms with Gasteiger partial charge in [-0.2, -0.15) is 0 Å². The van der Waals surface area contributed by atoms with Gasteiger partial charge in [0.2, 0.25) is 5.89 Å². The zero-order valence-corrected chi connectivity index (χ0v) is 25.9. The van der Waals surface area contributed by atoms with Crippen LogP contribution < -0.4 is 4.90 Å². The van der Waals surface area contributed by atoms with Crippen molar-refractivity contribution in [3.63, 3.8) is 0 Å². The van der Waals surface area contributed by atoms with Crippen LogP contribution in [0.15, 0.2) is 163 Å². The Balaban J connectivity index is 1.18. The van der Waals surface area contributed by atoms with Crippen LogP contribution in [-0.2, 0) is 0 Å². The molecule has 7 aromatic carbocycles. The van der Waals surface area contributed by atoms with Crippen LogP contribution in [0.4, 0.5) is 17.1 Å². The lowest BCUT2D eigenvalue weighted by Crippen LogP contribution is -2.10. The Labute approximate surface area is 278 Å². The number of nitrogens with zero attached hydrogens (tertiary/aromatic N) is 2. The number of benzene rings is 7. The van der Waals surface area contributed by atoms with E-state index in [1.807, 2.05) is 84.9 Å². The Morgan fingerprint density at radius 2 is 1.04 bits per heavy atom. The summed E-state index contributed by atoms with van der Waals surface area (Å²) < 4.78 is 25.6. The summed E-state index contributed by atoms with van der Waals surface area (Å²) in [6.45, 7) is 0. The van der Waals surface area contributed by atoms with E-state index in [4.69, 9.17) is 22.7 Å². The predicted molar refractivity (Wildman–Crippen MR) is 196 cm³/mol. The molecule has 0 bridgehead atoms. The van der Waals surface area contributed by atoms with Gasteiger partial charge in [-0.25, -0.2) is 4.98 Å². The summed E-state index contributed by atoms with van der Waals surface area (Å²) in [5.74, 6) is 0.560. The van der Waals surface area contributed by atoms with Crippen molar-refractivity contribution in [3.8, 4) is 11.5 Å². The van der Waals surface area contributed by atoms with Crippen molar-refractivity contribution >= 4 is 94.0 Å². The number of anilines is 3. The molecule has 0 saturated carbocycles. The van der Waals surface area contributed by atoms with E-state index in [0.717, 1.165) is 99.5 Å². The molecule has 0 radical (unpaired) electrons. The Morgan fingerprint density at radius 3 is 1.90 bits per heavy atom. The van der Waals surface area contributed by atoms with E-state index < -0.39 is 0 Å². The minimum Gasteiger partial charge on any atom is -0.456 e. The van der Waals surface area contributed by atoms with E-state index in [1.54, 1.807) is 0 Å². The Hall–Kier alpha value is -6.79. The molecular weight excluding hydrogens is 608 g/mol. The number of furan rings is 3. The van der Waals surface area contributed by atoms with Gasteiger partial charge in [-0.3, -0.25) is 0 Å². The highest BCUT2D eigenvalue weighted by molar-refractivity contribution is 6.16. The summed E-state index contributed by atoms with van der Waals surface area (Å²) >= 11 is 0. The molecule has 0 saturated heterocycles. The molecule has 0 aliphatic carbocycles. The first-order chi connectivity index (χ1) is 24.3. The lowest BCUT2D eigenvalue weighted by atomic mass is 10.0. The summed E-state index contributed by atoms with van der Waals surface area (Å²) in [5.41, 5.74) is 10.1.